The molecule has 2 unspecified atom stereocenters. The highest BCUT2D eigenvalue weighted by Crippen LogP contribution is 2.58. The van der Waals surface area contributed by atoms with E-state index in [9.17, 15) is 15.3 Å². The van der Waals surface area contributed by atoms with Crippen LogP contribution in [-0.4, -0.2) is 46.0 Å². The Hall–Kier alpha value is -0.620. The predicted octanol–water partition coefficient (Wildman–Crippen LogP) is -1.41. The number of hydrogen-bond donors (Lipinski definition) is 3. The van der Waals surface area contributed by atoms with Crippen molar-refractivity contribution in [1.29, 1.82) is 0 Å². The van der Waals surface area contributed by atoms with Gasteiger partial charge in [-0.15, -0.1) is 0 Å². The standard InChI is InChI=1S/C9H12O5/c10-3-9-5-4(1-2-13-8(5)12)6(11)7(9)14-9/h1-2,4-8,10-12H,3H2/t4-,5-,6+,7?,8?,9-/m1/s1. The molecule has 14 heavy (non-hydrogen) atoms. The summed E-state index contributed by atoms with van der Waals surface area (Å²) in [4.78, 5) is 0. The van der Waals surface area contributed by atoms with Crippen LogP contribution in [0.4, 0.5) is 0 Å². The number of aliphatic hydroxyl groups is 3. The van der Waals surface area contributed by atoms with Gasteiger partial charge in [0.1, 0.15) is 11.7 Å². The van der Waals surface area contributed by atoms with Crippen LogP contribution in [0.5, 0.6) is 0 Å². The minimum Gasteiger partial charge on any atom is -0.473 e. The second-order valence-corrected chi connectivity index (χ2v) is 4.10. The molecule has 1 aliphatic carbocycles. The topological polar surface area (TPSA) is 82.5 Å². The molecule has 2 aliphatic heterocycles. The summed E-state index contributed by atoms with van der Waals surface area (Å²) in [5, 5.41) is 28.6. The second-order valence-electron chi connectivity index (χ2n) is 4.10. The fraction of sp³-hybridized carbons (Fsp3) is 0.778. The number of rotatable bonds is 1. The molecule has 1 saturated carbocycles. The molecule has 2 fully saturated rings. The van der Waals surface area contributed by atoms with E-state index in [1.165, 1.54) is 6.26 Å². The molecule has 3 N–H and O–H groups in total. The van der Waals surface area contributed by atoms with E-state index in [1.807, 2.05) is 0 Å². The molecular formula is C9H12O5. The van der Waals surface area contributed by atoms with Crippen LogP contribution in [0.25, 0.3) is 0 Å². The Morgan fingerprint density at radius 3 is 2.86 bits per heavy atom. The molecule has 6 atom stereocenters. The number of hydrogen-bond acceptors (Lipinski definition) is 5. The maximum Gasteiger partial charge on any atom is 0.202 e. The average Bonchev–Trinajstić information content (AvgIpc) is 2.87. The van der Waals surface area contributed by atoms with E-state index in [1.54, 1.807) is 6.08 Å². The molecule has 5 heteroatoms. The molecular weight excluding hydrogens is 188 g/mol. The first kappa shape index (κ1) is 8.67. The normalized spacial score (nSPS) is 58.9. The lowest BCUT2D eigenvalue weighted by Gasteiger charge is -2.32. The highest BCUT2D eigenvalue weighted by Gasteiger charge is 2.75. The Balaban J connectivity index is 1.98. The van der Waals surface area contributed by atoms with Gasteiger partial charge in [-0.05, 0) is 6.08 Å². The van der Waals surface area contributed by atoms with Crippen LogP contribution in [-0.2, 0) is 9.47 Å². The van der Waals surface area contributed by atoms with Gasteiger partial charge in [0.2, 0.25) is 6.29 Å². The molecule has 0 amide bonds. The lowest BCUT2D eigenvalue weighted by atomic mass is 9.86. The minimum atomic E-state index is -1.00. The summed E-state index contributed by atoms with van der Waals surface area (Å²) in [5.41, 5.74) is -0.783. The Morgan fingerprint density at radius 1 is 1.36 bits per heavy atom. The number of fused-ring (bicyclic) bond motifs is 3. The third kappa shape index (κ3) is 0.791. The van der Waals surface area contributed by atoms with Crippen molar-refractivity contribution in [3.8, 4) is 0 Å². The lowest BCUT2D eigenvalue weighted by Crippen LogP contribution is -2.42. The molecule has 78 valence electrons. The zero-order valence-corrected chi connectivity index (χ0v) is 7.41. The van der Waals surface area contributed by atoms with E-state index in [-0.39, 0.29) is 24.5 Å². The minimum absolute atomic E-state index is 0.176. The van der Waals surface area contributed by atoms with Gasteiger partial charge in [0.25, 0.3) is 0 Å². The van der Waals surface area contributed by atoms with Crippen molar-refractivity contribution < 1.29 is 24.8 Å². The molecule has 1 saturated heterocycles. The summed E-state index contributed by atoms with van der Waals surface area (Å²) in [6, 6.07) is 0. The molecule has 0 aromatic heterocycles. The molecule has 0 aromatic rings. The Labute approximate surface area is 80.6 Å². The quantitative estimate of drug-likeness (QED) is 0.453. The lowest BCUT2D eigenvalue weighted by molar-refractivity contribution is -0.149. The molecule has 2 heterocycles. The monoisotopic (exact) mass is 200 g/mol. The summed E-state index contributed by atoms with van der Waals surface area (Å²) in [6.07, 6.45) is 1.10. The van der Waals surface area contributed by atoms with Gasteiger partial charge in [0.15, 0.2) is 0 Å². The van der Waals surface area contributed by atoms with E-state index >= 15 is 0 Å². The van der Waals surface area contributed by atoms with Gasteiger partial charge in [-0.1, -0.05) is 0 Å². The molecule has 0 bridgehead atoms. The zero-order valence-electron chi connectivity index (χ0n) is 7.41. The summed E-state index contributed by atoms with van der Waals surface area (Å²) in [7, 11) is 0. The van der Waals surface area contributed by atoms with Crippen LogP contribution in [0.15, 0.2) is 12.3 Å². The first-order valence-electron chi connectivity index (χ1n) is 4.67. The molecule has 0 aromatic carbocycles. The smallest absolute Gasteiger partial charge is 0.202 e. The zero-order chi connectivity index (χ0) is 9.92. The predicted molar refractivity (Wildman–Crippen MR) is 43.9 cm³/mol. The van der Waals surface area contributed by atoms with Crippen LogP contribution in [0.2, 0.25) is 0 Å². The fourth-order valence-corrected chi connectivity index (χ4v) is 2.77. The average molecular weight is 200 g/mol. The Bertz CT molecular complexity index is 291. The summed E-state index contributed by atoms with van der Waals surface area (Å²) in [6.45, 7) is -0.190. The molecule has 0 spiro atoms. The van der Waals surface area contributed by atoms with Crippen LogP contribution in [0, 0.1) is 11.8 Å². The molecule has 0 radical (unpaired) electrons. The largest absolute Gasteiger partial charge is 0.473 e. The summed E-state index contributed by atoms with van der Waals surface area (Å²) >= 11 is 0. The number of ether oxygens (including phenoxy) is 2. The third-order valence-corrected chi connectivity index (χ3v) is 3.53. The Morgan fingerprint density at radius 2 is 2.14 bits per heavy atom. The molecule has 3 rings (SSSR count). The van der Waals surface area contributed by atoms with Gasteiger partial charge in [-0.25, -0.2) is 0 Å². The van der Waals surface area contributed by atoms with Gasteiger partial charge >= 0.3 is 0 Å². The van der Waals surface area contributed by atoms with Crippen LogP contribution in [0.1, 0.15) is 0 Å². The van der Waals surface area contributed by atoms with E-state index < -0.39 is 18.0 Å². The maximum absolute atomic E-state index is 9.79. The van der Waals surface area contributed by atoms with Crippen molar-refractivity contribution in [1.82, 2.24) is 0 Å². The van der Waals surface area contributed by atoms with Crippen molar-refractivity contribution in [2.24, 2.45) is 11.8 Å². The van der Waals surface area contributed by atoms with Crippen molar-refractivity contribution in [3.05, 3.63) is 12.3 Å². The summed E-state index contributed by atoms with van der Waals surface area (Å²) in [5.74, 6) is -0.540. The highest BCUT2D eigenvalue weighted by atomic mass is 16.7. The van der Waals surface area contributed by atoms with Crippen LogP contribution in [0.3, 0.4) is 0 Å². The third-order valence-electron chi connectivity index (χ3n) is 3.53. The number of aliphatic hydroxyl groups excluding tert-OH is 3. The van der Waals surface area contributed by atoms with Gasteiger partial charge in [0.05, 0.1) is 24.9 Å². The van der Waals surface area contributed by atoms with E-state index in [0.717, 1.165) is 0 Å². The molecule has 5 nitrogen and oxygen atoms in total. The van der Waals surface area contributed by atoms with E-state index in [0.29, 0.717) is 0 Å². The van der Waals surface area contributed by atoms with Crippen molar-refractivity contribution in [3.63, 3.8) is 0 Å². The Kier molecular flexibility index (Phi) is 1.54. The van der Waals surface area contributed by atoms with Gasteiger partial charge in [-0.2, -0.15) is 0 Å². The van der Waals surface area contributed by atoms with Crippen molar-refractivity contribution in [2.75, 3.05) is 6.61 Å². The first-order chi connectivity index (χ1) is 6.70. The van der Waals surface area contributed by atoms with Crippen molar-refractivity contribution >= 4 is 0 Å². The first-order valence-corrected chi connectivity index (χ1v) is 4.67. The van der Waals surface area contributed by atoms with Gasteiger partial charge in [0, 0.05) is 5.92 Å². The van der Waals surface area contributed by atoms with Crippen LogP contribution < -0.4 is 0 Å². The van der Waals surface area contributed by atoms with E-state index in [2.05, 4.69) is 0 Å². The fourth-order valence-electron chi connectivity index (χ4n) is 2.77. The summed E-state index contributed by atoms with van der Waals surface area (Å²) < 4.78 is 10.2. The van der Waals surface area contributed by atoms with Gasteiger partial charge in [-0.3, -0.25) is 0 Å². The second kappa shape index (κ2) is 2.49. The maximum atomic E-state index is 9.79. The van der Waals surface area contributed by atoms with Gasteiger partial charge < -0.3 is 24.8 Å². The SMILES string of the molecule is OC[C@]12OC1[C@@H](O)[C@@H]1C=COC(O)[C@@H]12. The van der Waals surface area contributed by atoms with Crippen LogP contribution >= 0.6 is 0 Å². The molecule has 3 aliphatic rings. The number of epoxide rings is 1. The van der Waals surface area contributed by atoms with Crippen molar-refractivity contribution in [2.45, 2.75) is 24.1 Å². The highest BCUT2D eigenvalue weighted by molar-refractivity contribution is 5.24. The van der Waals surface area contributed by atoms with E-state index in [4.69, 9.17) is 9.47 Å².